The Bertz CT molecular complexity index is 906. The van der Waals surface area contributed by atoms with Crippen molar-refractivity contribution in [2.75, 3.05) is 25.8 Å². The fraction of sp³-hybridized carbons (Fsp3) is 0.250. The molecule has 1 heterocycles. The lowest BCUT2D eigenvalue weighted by Gasteiger charge is -2.11. The van der Waals surface area contributed by atoms with Crippen LogP contribution >= 0.6 is 0 Å². The van der Waals surface area contributed by atoms with Crippen molar-refractivity contribution >= 4 is 23.3 Å². The highest BCUT2D eigenvalue weighted by molar-refractivity contribution is 6.05. The maximum absolute atomic E-state index is 12.2. The molecule has 8 nitrogen and oxygen atoms in total. The highest BCUT2D eigenvalue weighted by Gasteiger charge is 2.21. The number of esters is 1. The van der Waals surface area contributed by atoms with Crippen LogP contribution in [0.5, 0.6) is 11.5 Å². The minimum atomic E-state index is -0.628. The van der Waals surface area contributed by atoms with Crippen LogP contribution in [0.4, 0.5) is 5.69 Å². The lowest BCUT2D eigenvalue weighted by molar-refractivity contribution is -0.119. The summed E-state index contributed by atoms with van der Waals surface area (Å²) >= 11 is 0. The Balaban J connectivity index is 1.61. The maximum atomic E-state index is 12.2. The molecule has 0 atom stereocenters. The number of methoxy groups -OCH3 is 1. The minimum Gasteiger partial charge on any atom is -0.454 e. The molecule has 28 heavy (non-hydrogen) atoms. The van der Waals surface area contributed by atoms with Gasteiger partial charge in [-0.1, -0.05) is 12.1 Å². The molecule has 0 aromatic heterocycles. The average molecular weight is 385 g/mol. The van der Waals surface area contributed by atoms with Gasteiger partial charge in [0.15, 0.2) is 23.9 Å². The van der Waals surface area contributed by atoms with E-state index in [4.69, 9.17) is 18.9 Å². The van der Waals surface area contributed by atoms with E-state index in [0.29, 0.717) is 23.7 Å². The zero-order chi connectivity index (χ0) is 20.1. The summed E-state index contributed by atoms with van der Waals surface area (Å²) in [7, 11) is 1.58. The summed E-state index contributed by atoms with van der Waals surface area (Å²) in [5, 5.41) is 2.57. The number of anilines is 1. The highest BCUT2D eigenvalue weighted by atomic mass is 16.7. The molecule has 1 aliphatic rings. The molecule has 146 valence electrons. The van der Waals surface area contributed by atoms with Gasteiger partial charge in [-0.3, -0.25) is 9.59 Å². The zero-order valence-electron chi connectivity index (χ0n) is 15.4. The molecule has 0 unspecified atom stereocenters. The third-order valence-corrected chi connectivity index (χ3v) is 4.00. The fourth-order valence-corrected chi connectivity index (χ4v) is 2.64. The van der Waals surface area contributed by atoms with Crippen molar-refractivity contribution in [3.05, 3.63) is 53.1 Å². The number of benzene rings is 2. The summed E-state index contributed by atoms with van der Waals surface area (Å²) in [6.45, 7) is 1.36. The van der Waals surface area contributed by atoms with E-state index in [1.165, 1.54) is 19.1 Å². The quantitative estimate of drug-likeness (QED) is 0.577. The second-order valence-corrected chi connectivity index (χ2v) is 6.06. The van der Waals surface area contributed by atoms with Gasteiger partial charge in [-0.05, 0) is 30.7 Å². The van der Waals surface area contributed by atoms with E-state index in [1.54, 1.807) is 31.4 Å². The molecule has 0 saturated carbocycles. The van der Waals surface area contributed by atoms with Gasteiger partial charge in [0.1, 0.15) is 0 Å². The Kier molecular flexibility index (Phi) is 5.90. The number of hydrogen-bond donors (Lipinski definition) is 1. The Labute approximate surface area is 161 Å². The topological polar surface area (TPSA) is 100 Å². The van der Waals surface area contributed by atoms with Crippen molar-refractivity contribution in [2.45, 2.75) is 13.5 Å². The predicted molar refractivity (Wildman–Crippen MR) is 98.6 cm³/mol. The first-order valence-electron chi connectivity index (χ1n) is 8.47. The summed E-state index contributed by atoms with van der Waals surface area (Å²) in [6.07, 6.45) is 0. The third-order valence-electron chi connectivity index (χ3n) is 4.00. The summed E-state index contributed by atoms with van der Waals surface area (Å²) in [5.74, 6) is -0.593. The molecule has 1 aliphatic heterocycles. The third kappa shape index (κ3) is 4.47. The summed E-state index contributed by atoms with van der Waals surface area (Å²) < 4.78 is 20.5. The largest absolute Gasteiger partial charge is 0.454 e. The zero-order valence-corrected chi connectivity index (χ0v) is 15.4. The van der Waals surface area contributed by atoms with Gasteiger partial charge >= 0.3 is 5.97 Å². The number of Topliss-reactive ketones (excluding diaryl/α,β-unsaturated/α-hetero) is 1. The fourth-order valence-electron chi connectivity index (χ4n) is 2.64. The number of fused-ring (bicyclic) bond motifs is 1. The Hall–Kier alpha value is -3.39. The van der Waals surface area contributed by atoms with Crippen LogP contribution in [0.2, 0.25) is 0 Å². The van der Waals surface area contributed by atoms with Gasteiger partial charge in [-0.2, -0.15) is 0 Å². The van der Waals surface area contributed by atoms with Gasteiger partial charge in [-0.25, -0.2) is 4.79 Å². The summed E-state index contributed by atoms with van der Waals surface area (Å²) in [4.78, 5) is 36.1. The van der Waals surface area contributed by atoms with E-state index in [9.17, 15) is 14.4 Å². The second-order valence-electron chi connectivity index (χ2n) is 6.06. The predicted octanol–water partition coefficient (Wildman–Crippen LogP) is 2.56. The lowest BCUT2D eigenvalue weighted by atomic mass is 10.1. The minimum absolute atomic E-state index is 0.0465. The van der Waals surface area contributed by atoms with Crippen molar-refractivity contribution in [1.82, 2.24) is 0 Å². The van der Waals surface area contributed by atoms with Gasteiger partial charge < -0.3 is 24.3 Å². The lowest BCUT2D eigenvalue weighted by Crippen LogP contribution is -2.22. The van der Waals surface area contributed by atoms with Crippen molar-refractivity contribution in [1.29, 1.82) is 0 Å². The van der Waals surface area contributed by atoms with E-state index in [0.717, 1.165) is 5.56 Å². The van der Waals surface area contributed by atoms with E-state index in [-0.39, 0.29) is 23.8 Å². The van der Waals surface area contributed by atoms with Crippen LogP contribution in [0.1, 0.15) is 33.2 Å². The molecule has 3 rings (SSSR count). The van der Waals surface area contributed by atoms with Crippen LogP contribution in [0.3, 0.4) is 0 Å². The summed E-state index contributed by atoms with van der Waals surface area (Å²) in [5.41, 5.74) is 1.77. The van der Waals surface area contributed by atoms with E-state index >= 15 is 0 Å². The molecule has 0 radical (unpaired) electrons. The summed E-state index contributed by atoms with van der Waals surface area (Å²) in [6, 6.07) is 9.69. The molecule has 0 aliphatic carbocycles. The van der Waals surface area contributed by atoms with Gasteiger partial charge in [0.05, 0.1) is 17.9 Å². The SMILES string of the molecule is COCc1ccc(C(=O)OCC(=O)Nc2cc3c(cc2C(C)=O)OCO3)cc1. The molecule has 0 saturated heterocycles. The number of rotatable bonds is 7. The molecular formula is C20H19NO7. The Morgan fingerprint density at radius 3 is 2.39 bits per heavy atom. The molecule has 2 aromatic rings. The Morgan fingerprint density at radius 2 is 1.75 bits per heavy atom. The number of nitrogens with one attached hydrogen (secondary N) is 1. The van der Waals surface area contributed by atoms with Crippen molar-refractivity contribution in [3.63, 3.8) is 0 Å². The molecule has 0 bridgehead atoms. The number of amides is 1. The van der Waals surface area contributed by atoms with E-state index in [1.807, 2.05) is 0 Å². The molecule has 1 amide bonds. The van der Waals surface area contributed by atoms with E-state index in [2.05, 4.69) is 5.32 Å². The van der Waals surface area contributed by atoms with E-state index < -0.39 is 18.5 Å². The van der Waals surface area contributed by atoms with Gasteiger partial charge in [0.25, 0.3) is 5.91 Å². The van der Waals surface area contributed by atoms with Crippen LogP contribution in [0.15, 0.2) is 36.4 Å². The first-order chi connectivity index (χ1) is 13.5. The normalized spacial score (nSPS) is 11.8. The Morgan fingerprint density at radius 1 is 1.07 bits per heavy atom. The van der Waals surface area contributed by atoms with Gasteiger partial charge in [0, 0.05) is 18.7 Å². The molecule has 1 N–H and O–H groups in total. The second kappa shape index (κ2) is 8.53. The molecule has 0 spiro atoms. The molecule has 2 aromatic carbocycles. The number of hydrogen-bond acceptors (Lipinski definition) is 7. The van der Waals surface area contributed by atoms with Gasteiger partial charge in [0.2, 0.25) is 6.79 Å². The van der Waals surface area contributed by atoms with Crippen LogP contribution in [0, 0.1) is 0 Å². The average Bonchev–Trinajstić information content (AvgIpc) is 3.13. The van der Waals surface area contributed by atoms with Crippen molar-refractivity contribution in [2.24, 2.45) is 0 Å². The van der Waals surface area contributed by atoms with Crippen LogP contribution < -0.4 is 14.8 Å². The molecular weight excluding hydrogens is 366 g/mol. The van der Waals surface area contributed by atoms with Crippen molar-refractivity contribution < 1.29 is 33.3 Å². The molecule has 0 fully saturated rings. The van der Waals surface area contributed by atoms with Crippen LogP contribution in [-0.2, 0) is 20.9 Å². The van der Waals surface area contributed by atoms with Crippen molar-refractivity contribution in [3.8, 4) is 11.5 Å². The number of carbonyl (C=O) groups excluding carboxylic acids is 3. The first kappa shape index (κ1) is 19.4. The number of ether oxygens (including phenoxy) is 4. The highest BCUT2D eigenvalue weighted by Crippen LogP contribution is 2.37. The first-order valence-corrected chi connectivity index (χ1v) is 8.47. The standard InChI is InChI=1S/C20H19NO7/c1-12(22)15-7-17-18(28-11-27-17)8-16(15)21-19(23)10-26-20(24)14-5-3-13(4-6-14)9-25-2/h3-8H,9-11H2,1-2H3,(H,21,23). The monoisotopic (exact) mass is 385 g/mol. The number of carbonyl (C=O) groups is 3. The maximum Gasteiger partial charge on any atom is 0.338 e. The van der Waals surface area contributed by atoms with Gasteiger partial charge in [-0.15, -0.1) is 0 Å². The van der Waals surface area contributed by atoms with Crippen LogP contribution in [0.25, 0.3) is 0 Å². The molecule has 8 heteroatoms. The number of ketones is 1. The van der Waals surface area contributed by atoms with Crippen LogP contribution in [-0.4, -0.2) is 38.2 Å². The smallest absolute Gasteiger partial charge is 0.338 e.